The van der Waals surface area contributed by atoms with E-state index in [1.54, 1.807) is 0 Å². The smallest absolute Gasteiger partial charge is 0.457 e. The van der Waals surface area contributed by atoms with Crippen molar-refractivity contribution in [3.63, 3.8) is 0 Å². The predicted molar refractivity (Wildman–Crippen MR) is 293 cm³/mol. The van der Waals surface area contributed by atoms with Crippen LogP contribution in [0.25, 0.3) is 0 Å². The summed E-state index contributed by atoms with van der Waals surface area (Å²) in [6.07, 6.45) is 69.3. The van der Waals surface area contributed by atoms with Crippen molar-refractivity contribution in [1.82, 2.24) is 0 Å². The van der Waals surface area contributed by atoms with Crippen molar-refractivity contribution in [2.45, 2.75) is 232 Å². The van der Waals surface area contributed by atoms with E-state index in [4.69, 9.17) is 18.5 Å². The standard InChI is InChI=1S/C59H106NO7P/c1-6-8-10-12-14-16-18-20-22-24-26-28-29-30-31-32-34-36-38-40-42-44-46-48-50-52-59(61)67-58(57-66-68(62,63)65-55-53-60(3,4)5)56-64-54-51-49-47-45-43-41-39-37-35-33-27-25-23-21-19-17-15-13-11-9-7-2/h8,10,14,16,20,22,26,28,30-31,34,36,40,42,58H,6-7,9,11-13,15,17-19,21,23-25,27,29,32-33,35,37-39,41,43-57H2,1-5H3/p+1/b10-8-,16-14-,22-20-,28-26-,31-30-,36-34-,42-40-. The first kappa shape index (κ1) is 65.7. The number of rotatable bonds is 51. The van der Waals surface area contributed by atoms with Gasteiger partial charge in [-0.3, -0.25) is 13.8 Å². The molecule has 9 heteroatoms. The normalized spacial score (nSPS) is 14.1. The lowest BCUT2D eigenvalue weighted by Gasteiger charge is -2.24. The molecule has 0 bridgehead atoms. The Kier molecular flexibility index (Phi) is 49.3. The number of ether oxygens (including phenoxy) is 2. The fourth-order valence-electron chi connectivity index (χ4n) is 7.48. The molecule has 2 unspecified atom stereocenters. The minimum Gasteiger partial charge on any atom is -0.457 e. The average molecular weight is 973 g/mol. The van der Waals surface area contributed by atoms with Crippen LogP contribution in [0, 0.1) is 0 Å². The van der Waals surface area contributed by atoms with Crippen LogP contribution in [0.15, 0.2) is 85.1 Å². The van der Waals surface area contributed by atoms with Gasteiger partial charge in [-0.1, -0.05) is 234 Å². The van der Waals surface area contributed by atoms with Crippen LogP contribution in [-0.4, -0.2) is 75.6 Å². The van der Waals surface area contributed by atoms with Crippen molar-refractivity contribution in [1.29, 1.82) is 0 Å². The van der Waals surface area contributed by atoms with Crippen LogP contribution in [0.2, 0.25) is 0 Å². The molecule has 0 saturated carbocycles. The van der Waals surface area contributed by atoms with Gasteiger partial charge in [0.25, 0.3) is 0 Å². The van der Waals surface area contributed by atoms with Gasteiger partial charge in [0.2, 0.25) is 0 Å². The fourth-order valence-corrected chi connectivity index (χ4v) is 8.22. The summed E-state index contributed by atoms with van der Waals surface area (Å²) in [7, 11) is 1.64. The third-order valence-electron chi connectivity index (χ3n) is 11.7. The largest absolute Gasteiger partial charge is 0.472 e. The highest BCUT2D eigenvalue weighted by molar-refractivity contribution is 7.47. The highest BCUT2D eigenvalue weighted by Crippen LogP contribution is 2.43. The maximum atomic E-state index is 12.8. The molecule has 0 fully saturated rings. The molecule has 0 aromatic rings. The van der Waals surface area contributed by atoms with Gasteiger partial charge in [-0.2, -0.15) is 0 Å². The van der Waals surface area contributed by atoms with Gasteiger partial charge in [0, 0.05) is 13.0 Å². The Morgan fingerprint density at radius 2 is 0.853 bits per heavy atom. The van der Waals surface area contributed by atoms with Gasteiger partial charge in [-0.05, 0) is 70.6 Å². The van der Waals surface area contributed by atoms with Crippen LogP contribution in [0.5, 0.6) is 0 Å². The highest BCUT2D eigenvalue weighted by Gasteiger charge is 2.26. The topological polar surface area (TPSA) is 91.3 Å². The van der Waals surface area contributed by atoms with E-state index in [2.05, 4.69) is 98.9 Å². The molecule has 0 aliphatic heterocycles. The summed E-state index contributed by atoms with van der Waals surface area (Å²) in [5.74, 6) is -0.344. The van der Waals surface area contributed by atoms with Gasteiger partial charge >= 0.3 is 13.8 Å². The summed E-state index contributed by atoms with van der Waals surface area (Å²) in [6, 6.07) is 0. The number of likely N-dealkylation sites (N-methyl/N-ethyl adjacent to an activating group) is 1. The number of phosphoric ester groups is 1. The number of nitrogens with zero attached hydrogens (tertiary/aromatic N) is 1. The van der Waals surface area contributed by atoms with E-state index in [0.29, 0.717) is 17.6 Å². The Bertz CT molecular complexity index is 1360. The molecule has 1 N–H and O–H groups in total. The number of esters is 1. The molecular weight excluding hydrogens is 866 g/mol. The van der Waals surface area contributed by atoms with Crippen LogP contribution in [0.1, 0.15) is 226 Å². The second-order valence-corrected chi connectivity index (χ2v) is 21.0. The zero-order valence-electron chi connectivity index (χ0n) is 44.8. The molecule has 0 aliphatic carbocycles. The molecule has 0 aromatic carbocycles. The van der Waals surface area contributed by atoms with E-state index in [-0.39, 0.29) is 32.2 Å². The summed E-state index contributed by atoms with van der Waals surface area (Å²) < 4.78 is 35.2. The van der Waals surface area contributed by atoms with Crippen molar-refractivity contribution < 1.29 is 37.3 Å². The summed E-state index contributed by atoms with van der Waals surface area (Å²) in [5.41, 5.74) is 0. The lowest BCUT2D eigenvalue weighted by molar-refractivity contribution is -0.870. The summed E-state index contributed by atoms with van der Waals surface area (Å²) in [6.45, 7) is 5.48. The Morgan fingerprint density at radius 1 is 0.471 bits per heavy atom. The number of allylic oxidation sites excluding steroid dienone is 14. The van der Waals surface area contributed by atoms with E-state index >= 15 is 0 Å². The lowest BCUT2D eigenvalue weighted by Crippen LogP contribution is -2.37. The first-order chi connectivity index (χ1) is 33.1. The predicted octanol–water partition coefficient (Wildman–Crippen LogP) is 17.6. The SMILES string of the molecule is CC/C=C\C/C=C\C/C=C\C/C=C\C/C=C\C/C=C\C/C=C\CCCCCC(=O)OC(COCCCCCCCCCCCCCCCCCCCCCCC)COP(=O)(O)OCC[N+](C)(C)C. The van der Waals surface area contributed by atoms with Crippen LogP contribution >= 0.6 is 7.82 Å². The zero-order chi connectivity index (χ0) is 49.8. The average Bonchev–Trinajstić information content (AvgIpc) is 3.30. The Hall–Kier alpha value is -2.32. The molecule has 0 saturated heterocycles. The second-order valence-electron chi connectivity index (χ2n) is 19.6. The molecule has 394 valence electrons. The third-order valence-corrected chi connectivity index (χ3v) is 12.7. The lowest BCUT2D eigenvalue weighted by atomic mass is 10.0. The van der Waals surface area contributed by atoms with Gasteiger partial charge < -0.3 is 18.9 Å². The summed E-state index contributed by atoms with van der Waals surface area (Å²) >= 11 is 0. The summed E-state index contributed by atoms with van der Waals surface area (Å²) in [5, 5.41) is 0. The first-order valence-corrected chi connectivity index (χ1v) is 29.3. The molecule has 0 spiro atoms. The number of quaternary nitrogens is 1. The second kappa shape index (κ2) is 51.0. The minimum absolute atomic E-state index is 0.0788. The van der Waals surface area contributed by atoms with Crippen molar-refractivity contribution in [3.8, 4) is 0 Å². The Morgan fingerprint density at radius 3 is 1.26 bits per heavy atom. The zero-order valence-corrected chi connectivity index (χ0v) is 45.7. The molecule has 0 radical (unpaired) electrons. The van der Waals surface area contributed by atoms with Gasteiger partial charge in [-0.15, -0.1) is 0 Å². The number of hydrogen-bond donors (Lipinski definition) is 1. The monoisotopic (exact) mass is 973 g/mol. The fraction of sp³-hybridized carbons (Fsp3) is 0.746. The van der Waals surface area contributed by atoms with E-state index in [1.165, 1.54) is 122 Å². The molecule has 0 heterocycles. The van der Waals surface area contributed by atoms with Gasteiger partial charge in [0.1, 0.15) is 19.3 Å². The van der Waals surface area contributed by atoms with Crippen molar-refractivity contribution in [2.75, 3.05) is 54.1 Å². The van der Waals surface area contributed by atoms with Crippen LogP contribution < -0.4 is 0 Å². The molecular formula is C59H107NO7P+. The van der Waals surface area contributed by atoms with Crippen LogP contribution in [-0.2, 0) is 27.9 Å². The molecule has 68 heavy (non-hydrogen) atoms. The minimum atomic E-state index is -4.30. The number of unbranched alkanes of at least 4 members (excludes halogenated alkanes) is 23. The van der Waals surface area contributed by atoms with Crippen molar-refractivity contribution >= 4 is 13.8 Å². The van der Waals surface area contributed by atoms with Gasteiger partial charge in [-0.25, -0.2) is 4.57 Å². The molecule has 2 atom stereocenters. The van der Waals surface area contributed by atoms with Gasteiger partial charge in [0.15, 0.2) is 0 Å². The number of carbonyl (C=O) groups is 1. The summed E-state index contributed by atoms with van der Waals surface area (Å²) in [4.78, 5) is 23.0. The van der Waals surface area contributed by atoms with Gasteiger partial charge in [0.05, 0.1) is 34.4 Å². The maximum Gasteiger partial charge on any atom is 0.472 e. The van der Waals surface area contributed by atoms with Crippen LogP contribution in [0.3, 0.4) is 0 Å². The molecule has 0 amide bonds. The van der Waals surface area contributed by atoms with Crippen LogP contribution in [0.4, 0.5) is 0 Å². The quantitative estimate of drug-likeness (QED) is 0.0213. The van der Waals surface area contributed by atoms with E-state index in [0.717, 1.165) is 83.5 Å². The maximum absolute atomic E-state index is 12.8. The number of phosphoric acid groups is 1. The number of carbonyl (C=O) groups excluding carboxylic acids is 1. The van der Waals surface area contributed by atoms with E-state index < -0.39 is 13.9 Å². The third kappa shape index (κ3) is 54.6. The Labute approximate surface area is 420 Å². The first-order valence-electron chi connectivity index (χ1n) is 27.8. The number of hydrogen-bond acceptors (Lipinski definition) is 6. The van der Waals surface area contributed by atoms with Crippen molar-refractivity contribution in [2.24, 2.45) is 0 Å². The van der Waals surface area contributed by atoms with Crippen molar-refractivity contribution in [3.05, 3.63) is 85.1 Å². The molecule has 0 aliphatic rings. The Balaban J connectivity index is 4.19. The molecule has 0 rings (SSSR count). The molecule has 8 nitrogen and oxygen atoms in total. The van der Waals surface area contributed by atoms with E-state index in [1.807, 2.05) is 21.1 Å². The highest BCUT2D eigenvalue weighted by atomic mass is 31.2. The molecule has 0 aromatic heterocycles. The van der Waals surface area contributed by atoms with E-state index in [9.17, 15) is 14.3 Å².